The zero-order chi connectivity index (χ0) is 36.4. The molecule has 2 heterocycles. The molecule has 1 unspecified atom stereocenters. The smallest absolute Gasteiger partial charge is 0.327 e. The molecule has 1 fully saturated rings. The Morgan fingerprint density at radius 3 is 2.32 bits per heavy atom. The number of Topliss-reactive ketones (excluding diaryl/α,β-unsaturated/α-hetero) is 1. The van der Waals surface area contributed by atoms with Crippen molar-refractivity contribution in [1.29, 1.82) is 0 Å². The first-order valence-corrected chi connectivity index (χ1v) is 17.7. The average Bonchev–Trinajstić information content (AvgIpc) is 3.52. The first-order valence-electron chi connectivity index (χ1n) is 17.7. The maximum Gasteiger partial charge on any atom is 0.327 e. The first kappa shape index (κ1) is 38.7. The van der Waals surface area contributed by atoms with Gasteiger partial charge in [-0.1, -0.05) is 68.4 Å². The summed E-state index contributed by atoms with van der Waals surface area (Å²) >= 11 is 0. The summed E-state index contributed by atoms with van der Waals surface area (Å²) in [6.07, 6.45) is 2.81. The predicted octanol–water partition coefficient (Wildman–Crippen LogP) is 1.85. The van der Waals surface area contributed by atoms with Gasteiger partial charge in [-0.25, -0.2) is 4.79 Å². The number of fused-ring (bicyclic) bond motifs is 1. The number of esters is 1. The van der Waals surface area contributed by atoms with Crippen LogP contribution in [0, 0.1) is 11.8 Å². The van der Waals surface area contributed by atoms with Gasteiger partial charge in [0, 0.05) is 38.4 Å². The van der Waals surface area contributed by atoms with E-state index in [2.05, 4.69) is 5.32 Å². The highest BCUT2D eigenvalue weighted by atomic mass is 16.5. The van der Waals surface area contributed by atoms with E-state index in [9.17, 15) is 24.0 Å². The van der Waals surface area contributed by atoms with Crippen molar-refractivity contribution < 1.29 is 28.7 Å². The normalized spacial score (nSPS) is 20.5. The Kier molecular flexibility index (Phi) is 13.7. The monoisotopic (exact) mass is 690 g/mol. The maximum absolute atomic E-state index is 14.2. The summed E-state index contributed by atoms with van der Waals surface area (Å²) in [4.78, 5) is 71.3. The fourth-order valence-corrected chi connectivity index (χ4v) is 7.09. The van der Waals surface area contributed by atoms with E-state index in [-0.39, 0.29) is 56.0 Å². The molecule has 12 nitrogen and oxygen atoms in total. The third-order valence-electron chi connectivity index (χ3n) is 9.86. The van der Waals surface area contributed by atoms with Gasteiger partial charge in [0.25, 0.3) is 0 Å². The number of nitrogens with one attached hydrogen (secondary N) is 1. The Hall–Kier alpha value is -4.13. The fraction of sp³-hybridized carbons (Fsp3) is 0.553. The van der Waals surface area contributed by atoms with Crippen LogP contribution in [-0.4, -0.2) is 89.7 Å². The summed E-state index contributed by atoms with van der Waals surface area (Å²) in [5, 5.41) is 2.95. The molecule has 0 aliphatic carbocycles. The third kappa shape index (κ3) is 9.76. The SMILES string of the molecule is COC(=O)C1(N)CCN(C(=O)[C@@H](CCCCN)NC(=O)[C@H](CC(=O)[C@@H]2Cc3ccccc3CN2C(=O)[C@H](N)Cc2ccccc2)CC(C)C)C1. The van der Waals surface area contributed by atoms with Crippen LogP contribution < -0.4 is 22.5 Å². The number of rotatable bonds is 16. The minimum Gasteiger partial charge on any atom is -0.468 e. The number of methoxy groups -OCH3 is 1. The van der Waals surface area contributed by atoms with E-state index in [0.29, 0.717) is 45.1 Å². The molecule has 3 amide bonds. The van der Waals surface area contributed by atoms with Crippen molar-refractivity contribution in [3.63, 3.8) is 0 Å². The van der Waals surface area contributed by atoms with Crippen LogP contribution in [0.15, 0.2) is 54.6 Å². The predicted molar refractivity (Wildman–Crippen MR) is 190 cm³/mol. The van der Waals surface area contributed by atoms with Crippen molar-refractivity contribution >= 4 is 29.5 Å². The number of likely N-dealkylation sites (tertiary alicyclic amines) is 1. The molecule has 2 aromatic rings. The van der Waals surface area contributed by atoms with Crippen LogP contribution in [0.5, 0.6) is 0 Å². The molecule has 272 valence electrons. The number of benzene rings is 2. The van der Waals surface area contributed by atoms with Crippen molar-refractivity contribution in [3.05, 3.63) is 71.3 Å². The number of carbonyl (C=O) groups is 5. The third-order valence-corrected chi connectivity index (χ3v) is 9.86. The van der Waals surface area contributed by atoms with Gasteiger partial charge >= 0.3 is 5.97 Å². The Balaban J connectivity index is 1.53. The highest BCUT2D eigenvalue weighted by Crippen LogP contribution is 2.28. The van der Waals surface area contributed by atoms with Gasteiger partial charge < -0.3 is 37.1 Å². The molecule has 0 aromatic heterocycles. The lowest BCUT2D eigenvalue weighted by molar-refractivity contribution is -0.147. The Morgan fingerprint density at radius 2 is 1.66 bits per heavy atom. The number of ketones is 1. The van der Waals surface area contributed by atoms with Gasteiger partial charge in [-0.15, -0.1) is 0 Å². The molecule has 0 radical (unpaired) electrons. The second-order valence-corrected chi connectivity index (χ2v) is 14.3. The van der Waals surface area contributed by atoms with Crippen LogP contribution in [-0.2, 0) is 48.1 Å². The average molecular weight is 691 g/mol. The summed E-state index contributed by atoms with van der Waals surface area (Å²) < 4.78 is 4.86. The molecule has 50 heavy (non-hydrogen) atoms. The zero-order valence-electron chi connectivity index (χ0n) is 29.6. The van der Waals surface area contributed by atoms with E-state index in [1.54, 1.807) is 4.90 Å². The molecule has 0 spiro atoms. The van der Waals surface area contributed by atoms with E-state index < -0.39 is 41.5 Å². The van der Waals surface area contributed by atoms with Crippen molar-refractivity contribution in [2.24, 2.45) is 29.0 Å². The van der Waals surface area contributed by atoms with Crippen LogP contribution in [0.3, 0.4) is 0 Å². The molecule has 0 saturated carbocycles. The molecule has 0 bridgehead atoms. The molecule has 2 aliphatic heterocycles. The minimum absolute atomic E-state index is 0.0187. The summed E-state index contributed by atoms with van der Waals surface area (Å²) in [6, 6.07) is 14.8. The number of hydrogen-bond donors (Lipinski definition) is 4. The molecule has 12 heteroatoms. The number of nitrogens with zero attached hydrogens (tertiary/aromatic N) is 2. The lowest BCUT2D eigenvalue weighted by Crippen LogP contribution is -2.55. The largest absolute Gasteiger partial charge is 0.468 e. The van der Waals surface area contributed by atoms with Gasteiger partial charge in [-0.2, -0.15) is 0 Å². The van der Waals surface area contributed by atoms with E-state index in [1.165, 1.54) is 12.0 Å². The van der Waals surface area contributed by atoms with Crippen molar-refractivity contribution in [2.45, 2.75) is 95.4 Å². The van der Waals surface area contributed by atoms with Crippen LogP contribution in [0.2, 0.25) is 0 Å². The van der Waals surface area contributed by atoms with Gasteiger partial charge in [-0.05, 0) is 67.7 Å². The second-order valence-electron chi connectivity index (χ2n) is 14.3. The molecular weight excluding hydrogens is 636 g/mol. The summed E-state index contributed by atoms with van der Waals surface area (Å²) in [5.41, 5.74) is 20.0. The standard InChI is InChI=1S/C38H54N6O6/c1-25(2)19-29(34(46)42-31(15-9-10-17-39)36(48)43-18-16-38(41,24-43)37(49)50-3)22-33(45)32-21-27-13-7-8-14-28(27)23-44(32)35(47)30(40)20-26-11-5-4-6-12-26/h4-8,11-14,25,29-32H,9-10,15-24,39-41H2,1-3H3,(H,42,46)/t29-,30+,31+,32-,38?/m0/s1. The number of hydrogen-bond acceptors (Lipinski definition) is 9. The molecule has 5 atom stereocenters. The fourth-order valence-electron chi connectivity index (χ4n) is 7.09. The lowest BCUT2D eigenvalue weighted by atomic mass is 9.85. The summed E-state index contributed by atoms with van der Waals surface area (Å²) in [7, 11) is 1.26. The number of carbonyl (C=O) groups excluding carboxylic acids is 5. The summed E-state index contributed by atoms with van der Waals surface area (Å²) in [6.45, 7) is 4.86. The van der Waals surface area contributed by atoms with Crippen molar-refractivity contribution in [3.8, 4) is 0 Å². The van der Waals surface area contributed by atoms with Crippen molar-refractivity contribution in [2.75, 3.05) is 26.7 Å². The van der Waals surface area contributed by atoms with Gasteiger partial charge in [0.15, 0.2) is 5.78 Å². The molecule has 7 N–H and O–H groups in total. The summed E-state index contributed by atoms with van der Waals surface area (Å²) in [5.74, 6) is -2.53. The molecule has 2 aromatic carbocycles. The molecule has 2 aliphatic rings. The highest BCUT2D eigenvalue weighted by Gasteiger charge is 2.45. The van der Waals surface area contributed by atoms with Crippen LogP contribution in [0.1, 0.15) is 69.1 Å². The van der Waals surface area contributed by atoms with Gasteiger partial charge in [0.05, 0.1) is 19.2 Å². The highest BCUT2D eigenvalue weighted by molar-refractivity contribution is 5.95. The first-order chi connectivity index (χ1) is 23.9. The van der Waals surface area contributed by atoms with E-state index in [1.807, 2.05) is 68.4 Å². The van der Waals surface area contributed by atoms with E-state index in [0.717, 1.165) is 16.7 Å². The van der Waals surface area contributed by atoms with Crippen molar-refractivity contribution in [1.82, 2.24) is 15.1 Å². The Bertz CT molecular complexity index is 1500. The number of ether oxygens (including phenoxy) is 1. The number of unbranched alkanes of at least 4 members (excludes halogenated alkanes) is 1. The van der Waals surface area contributed by atoms with Gasteiger partial charge in [-0.3, -0.25) is 19.2 Å². The lowest BCUT2D eigenvalue weighted by Gasteiger charge is -2.38. The Morgan fingerprint density at radius 1 is 0.980 bits per heavy atom. The minimum atomic E-state index is -1.31. The van der Waals surface area contributed by atoms with Crippen LogP contribution in [0.4, 0.5) is 0 Å². The topological polar surface area (TPSA) is 191 Å². The maximum atomic E-state index is 14.2. The quantitative estimate of drug-likeness (QED) is 0.150. The van der Waals surface area contributed by atoms with Crippen LogP contribution >= 0.6 is 0 Å². The number of nitrogens with two attached hydrogens (primary N) is 3. The molecule has 4 rings (SSSR count). The number of amides is 3. The molecular formula is C38H54N6O6. The van der Waals surface area contributed by atoms with Crippen LogP contribution in [0.25, 0.3) is 0 Å². The van der Waals surface area contributed by atoms with E-state index >= 15 is 0 Å². The second kappa shape index (κ2) is 17.7. The molecule has 1 saturated heterocycles. The van der Waals surface area contributed by atoms with Gasteiger partial charge in [0.1, 0.15) is 11.6 Å². The zero-order valence-corrected chi connectivity index (χ0v) is 29.6. The van der Waals surface area contributed by atoms with E-state index in [4.69, 9.17) is 21.9 Å². The Labute approximate surface area is 295 Å². The van der Waals surface area contributed by atoms with Gasteiger partial charge in [0.2, 0.25) is 17.7 Å².